The van der Waals surface area contributed by atoms with E-state index in [-0.39, 0.29) is 0 Å². The van der Waals surface area contributed by atoms with Gasteiger partial charge in [-0.3, -0.25) is 0 Å². The van der Waals surface area contributed by atoms with Gasteiger partial charge in [0, 0.05) is 24.0 Å². The number of rotatable bonds is 2. The summed E-state index contributed by atoms with van der Waals surface area (Å²) in [4.78, 5) is 2.46. The SMILES string of the molecule is CCCN1Cc2cscc2Nc2ccccc21. The molecule has 0 fully saturated rings. The Morgan fingerprint density at radius 1 is 1.24 bits per heavy atom. The van der Waals surface area contributed by atoms with E-state index in [2.05, 4.69) is 52.2 Å². The summed E-state index contributed by atoms with van der Waals surface area (Å²) in [7, 11) is 0. The van der Waals surface area contributed by atoms with Crippen LogP contribution in [0.5, 0.6) is 0 Å². The second-order valence-corrected chi connectivity index (χ2v) is 5.12. The maximum atomic E-state index is 3.54. The first-order chi connectivity index (χ1) is 8.38. The van der Waals surface area contributed by atoms with Crippen molar-refractivity contribution in [3.63, 3.8) is 0 Å². The normalized spacial score (nSPS) is 13.6. The molecule has 0 amide bonds. The van der Waals surface area contributed by atoms with Crippen molar-refractivity contribution in [2.75, 3.05) is 16.8 Å². The molecule has 1 aromatic heterocycles. The van der Waals surface area contributed by atoms with Crippen LogP contribution in [0.15, 0.2) is 35.0 Å². The van der Waals surface area contributed by atoms with Gasteiger partial charge in [0.25, 0.3) is 0 Å². The van der Waals surface area contributed by atoms with E-state index in [4.69, 9.17) is 0 Å². The van der Waals surface area contributed by atoms with Gasteiger partial charge in [-0.25, -0.2) is 0 Å². The van der Waals surface area contributed by atoms with Crippen LogP contribution in [0.1, 0.15) is 18.9 Å². The Bertz CT molecular complexity index is 518. The monoisotopic (exact) mass is 244 g/mol. The fraction of sp³-hybridized carbons (Fsp3) is 0.286. The predicted molar refractivity (Wildman–Crippen MR) is 75.4 cm³/mol. The maximum Gasteiger partial charge on any atom is 0.0622 e. The lowest BCUT2D eigenvalue weighted by molar-refractivity contribution is 0.774. The number of benzene rings is 1. The average Bonchev–Trinajstić information content (AvgIpc) is 2.71. The van der Waals surface area contributed by atoms with Crippen molar-refractivity contribution in [1.29, 1.82) is 0 Å². The van der Waals surface area contributed by atoms with Crippen LogP contribution in [-0.2, 0) is 6.54 Å². The number of nitrogens with one attached hydrogen (secondary N) is 1. The van der Waals surface area contributed by atoms with Crippen molar-refractivity contribution in [3.05, 3.63) is 40.6 Å². The van der Waals surface area contributed by atoms with Crippen LogP contribution in [0.25, 0.3) is 0 Å². The molecule has 0 saturated carbocycles. The summed E-state index contributed by atoms with van der Waals surface area (Å²) in [6.07, 6.45) is 1.17. The molecule has 88 valence electrons. The highest BCUT2D eigenvalue weighted by molar-refractivity contribution is 7.08. The van der Waals surface area contributed by atoms with Gasteiger partial charge in [0.05, 0.1) is 17.1 Å². The minimum atomic E-state index is 1.01. The Morgan fingerprint density at radius 3 is 3.00 bits per heavy atom. The molecule has 0 aliphatic carbocycles. The Balaban J connectivity index is 2.06. The van der Waals surface area contributed by atoms with Gasteiger partial charge in [0.1, 0.15) is 0 Å². The Labute approximate surface area is 106 Å². The lowest BCUT2D eigenvalue weighted by atomic mass is 10.2. The minimum Gasteiger partial charge on any atom is -0.365 e. The number of para-hydroxylation sites is 2. The topological polar surface area (TPSA) is 15.3 Å². The van der Waals surface area contributed by atoms with Gasteiger partial charge >= 0.3 is 0 Å². The van der Waals surface area contributed by atoms with E-state index >= 15 is 0 Å². The highest BCUT2D eigenvalue weighted by Gasteiger charge is 2.18. The zero-order valence-electron chi connectivity index (χ0n) is 9.94. The maximum absolute atomic E-state index is 3.54. The van der Waals surface area contributed by atoms with Crippen LogP contribution >= 0.6 is 11.3 Å². The molecular weight excluding hydrogens is 228 g/mol. The van der Waals surface area contributed by atoms with E-state index in [0.29, 0.717) is 0 Å². The van der Waals surface area contributed by atoms with Gasteiger partial charge in [-0.1, -0.05) is 19.1 Å². The van der Waals surface area contributed by atoms with E-state index in [1.807, 2.05) is 0 Å². The Kier molecular flexibility index (Phi) is 2.77. The van der Waals surface area contributed by atoms with Crippen LogP contribution in [0.3, 0.4) is 0 Å². The summed E-state index contributed by atoms with van der Waals surface area (Å²) < 4.78 is 0. The van der Waals surface area contributed by atoms with Crippen LogP contribution in [0, 0.1) is 0 Å². The molecule has 17 heavy (non-hydrogen) atoms. The average molecular weight is 244 g/mol. The molecule has 2 aromatic rings. The molecule has 0 spiro atoms. The third-order valence-electron chi connectivity index (χ3n) is 3.11. The van der Waals surface area contributed by atoms with Crippen LogP contribution in [-0.4, -0.2) is 6.54 Å². The third-order valence-corrected chi connectivity index (χ3v) is 3.90. The summed E-state index contributed by atoms with van der Waals surface area (Å²) in [5.74, 6) is 0. The second kappa shape index (κ2) is 4.41. The second-order valence-electron chi connectivity index (χ2n) is 4.37. The molecule has 3 heteroatoms. The van der Waals surface area contributed by atoms with Gasteiger partial charge in [-0.05, 0) is 23.9 Å². The number of hydrogen-bond donors (Lipinski definition) is 1. The predicted octanol–water partition coefficient (Wildman–Crippen LogP) is 4.22. The fourth-order valence-corrected chi connectivity index (χ4v) is 3.10. The van der Waals surface area contributed by atoms with E-state index in [0.717, 1.165) is 13.1 Å². The van der Waals surface area contributed by atoms with Crippen LogP contribution < -0.4 is 10.2 Å². The van der Waals surface area contributed by atoms with Gasteiger partial charge in [0.15, 0.2) is 0 Å². The summed E-state index contributed by atoms with van der Waals surface area (Å²) in [6.45, 7) is 4.35. The smallest absolute Gasteiger partial charge is 0.0622 e. The molecule has 0 unspecified atom stereocenters. The molecular formula is C14H16N2S. The molecule has 3 rings (SSSR count). The van der Waals surface area contributed by atoms with Gasteiger partial charge in [0.2, 0.25) is 0 Å². The molecule has 0 bridgehead atoms. The minimum absolute atomic E-state index is 1.01. The van der Waals surface area contributed by atoms with E-state index in [1.54, 1.807) is 11.3 Å². The zero-order chi connectivity index (χ0) is 11.7. The molecule has 1 aromatic carbocycles. The standard InChI is InChI=1S/C14H16N2S/c1-2-7-16-8-11-9-17-10-13(11)15-12-5-3-4-6-14(12)16/h3-6,9-10,15H,2,7-8H2,1H3. The largest absolute Gasteiger partial charge is 0.365 e. The highest BCUT2D eigenvalue weighted by atomic mass is 32.1. The van der Waals surface area contributed by atoms with Crippen molar-refractivity contribution in [3.8, 4) is 0 Å². The molecule has 0 radical (unpaired) electrons. The van der Waals surface area contributed by atoms with E-state index in [9.17, 15) is 0 Å². The van der Waals surface area contributed by atoms with Gasteiger partial charge in [-0.15, -0.1) is 11.3 Å². The first kappa shape index (κ1) is 10.7. The molecule has 0 saturated heterocycles. The molecule has 1 aliphatic heterocycles. The van der Waals surface area contributed by atoms with Crippen LogP contribution in [0.2, 0.25) is 0 Å². The van der Waals surface area contributed by atoms with E-state index in [1.165, 1.54) is 29.0 Å². The summed E-state index contributed by atoms with van der Waals surface area (Å²) in [5.41, 5.74) is 5.20. The van der Waals surface area contributed by atoms with Crippen molar-refractivity contribution in [2.45, 2.75) is 19.9 Å². The lowest BCUT2D eigenvalue weighted by Crippen LogP contribution is -2.22. The third kappa shape index (κ3) is 1.91. The lowest BCUT2D eigenvalue weighted by Gasteiger charge is -2.23. The first-order valence-corrected chi connectivity index (χ1v) is 6.99. The molecule has 0 atom stereocenters. The van der Waals surface area contributed by atoms with Crippen LogP contribution in [0.4, 0.5) is 17.1 Å². The Morgan fingerprint density at radius 2 is 2.12 bits per heavy atom. The number of nitrogens with zero attached hydrogens (tertiary/aromatic N) is 1. The Hall–Kier alpha value is -1.48. The highest BCUT2D eigenvalue weighted by Crippen LogP contribution is 2.36. The van der Waals surface area contributed by atoms with Crippen molar-refractivity contribution < 1.29 is 0 Å². The number of anilines is 3. The summed E-state index contributed by atoms with van der Waals surface area (Å²) in [5, 5.41) is 7.98. The van der Waals surface area contributed by atoms with Crippen molar-refractivity contribution in [2.24, 2.45) is 0 Å². The first-order valence-electron chi connectivity index (χ1n) is 6.04. The van der Waals surface area contributed by atoms with Gasteiger partial charge in [-0.2, -0.15) is 0 Å². The van der Waals surface area contributed by atoms with Crippen molar-refractivity contribution in [1.82, 2.24) is 0 Å². The number of hydrogen-bond acceptors (Lipinski definition) is 3. The quantitative estimate of drug-likeness (QED) is 0.850. The summed E-state index contributed by atoms with van der Waals surface area (Å²) in [6, 6.07) is 8.56. The zero-order valence-corrected chi connectivity index (χ0v) is 10.8. The fourth-order valence-electron chi connectivity index (χ4n) is 2.32. The molecule has 2 nitrogen and oxygen atoms in total. The molecule has 2 heterocycles. The molecule has 1 aliphatic rings. The number of thiophene rings is 1. The van der Waals surface area contributed by atoms with Gasteiger partial charge < -0.3 is 10.2 Å². The van der Waals surface area contributed by atoms with E-state index < -0.39 is 0 Å². The van der Waals surface area contributed by atoms with Crippen molar-refractivity contribution >= 4 is 28.4 Å². The molecule has 1 N–H and O–H groups in total. The summed E-state index contributed by atoms with van der Waals surface area (Å²) >= 11 is 1.77. The number of fused-ring (bicyclic) bond motifs is 2.